The summed E-state index contributed by atoms with van der Waals surface area (Å²) >= 11 is 5.63. The molecule has 0 aliphatic heterocycles. The molecule has 122 valence electrons. The van der Waals surface area contributed by atoms with E-state index in [0.717, 1.165) is 19.3 Å². The van der Waals surface area contributed by atoms with Gasteiger partial charge in [-0.3, -0.25) is 9.59 Å². The molecule has 1 aromatic heterocycles. The topological polar surface area (TPSA) is 71.5 Å². The second-order valence-electron chi connectivity index (χ2n) is 4.56. The number of alkyl halides is 1. The molecule has 1 N–H and O–H groups in total. The Kier molecular flexibility index (Phi) is 9.18. The quantitative estimate of drug-likeness (QED) is 0.235. The Morgan fingerprint density at radius 1 is 1.32 bits per heavy atom. The van der Waals surface area contributed by atoms with E-state index < -0.39 is 11.9 Å². The molecule has 0 bridgehead atoms. The minimum Gasteiger partial charge on any atom is -0.466 e. The number of hydrazine groups is 1. The molecule has 0 radical (unpaired) electrons. The van der Waals surface area contributed by atoms with Gasteiger partial charge in [-0.05, 0) is 31.9 Å². The summed E-state index contributed by atoms with van der Waals surface area (Å²) in [4.78, 5) is 27.9. The second kappa shape index (κ2) is 11.0. The molecular weight excluding hydrogens is 306 g/mol. The number of rotatable bonds is 10. The molecule has 0 atom stereocenters. The monoisotopic (exact) mass is 327 g/mol. The van der Waals surface area contributed by atoms with Gasteiger partial charge in [0.2, 0.25) is 0 Å². The Balaban J connectivity index is 2.62. The number of unbranched alkanes of at least 4 members (excludes halogenated alkanes) is 2. The SMILES string of the molecule is CCOC(=O)CC(=O)N(NCCCCCCl)c1ccccn1. The van der Waals surface area contributed by atoms with Crippen LogP contribution in [0.5, 0.6) is 0 Å². The third-order valence-electron chi connectivity index (χ3n) is 2.81. The average molecular weight is 328 g/mol. The molecule has 0 saturated carbocycles. The number of carbonyl (C=O) groups excluding carboxylic acids is 2. The summed E-state index contributed by atoms with van der Waals surface area (Å²) < 4.78 is 4.81. The van der Waals surface area contributed by atoms with Crippen molar-refractivity contribution in [3.63, 3.8) is 0 Å². The van der Waals surface area contributed by atoms with Crippen molar-refractivity contribution >= 4 is 29.3 Å². The molecule has 0 spiro atoms. The largest absolute Gasteiger partial charge is 0.466 e. The van der Waals surface area contributed by atoms with Gasteiger partial charge in [-0.15, -0.1) is 11.6 Å². The summed E-state index contributed by atoms with van der Waals surface area (Å²) in [6.07, 6.45) is 4.05. The summed E-state index contributed by atoms with van der Waals surface area (Å²) in [5.41, 5.74) is 3.01. The van der Waals surface area contributed by atoms with E-state index in [4.69, 9.17) is 16.3 Å². The predicted molar refractivity (Wildman–Crippen MR) is 85.5 cm³/mol. The van der Waals surface area contributed by atoms with Crippen molar-refractivity contribution in [2.24, 2.45) is 0 Å². The molecule has 7 heteroatoms. The van der Waals surface area contributed by atoms with Crippen LogP contribution < -0.4 is 10.4 Å². The lowest BCUT2D eigenvalue weighted by molar-refractivity contribution is -0.145. The number of nitrogens with zero attached hydrogens (tertiary/aromatic N) is 2. The molecule has 0 unspecified atom stereocenters. The van der Waals surface area contributed by atoms with Gasteiger partial charge in [-0.1, -0.05) is 12.5 Å². The molecule has 0 aliphatic carbocycles. The molecule has 0 fully saturated rings. The Morgan fingerprint density at radius 2 is 2.14 bits per heavy atom. The maximum absolute atomic E-state index is 12.3. The van der Waals surface area contributed by atoms with Gasteiger partial charge in [-0.2, -0.15) is 0 Å². The number of esters is 1. The number of aromatic nitrogens is 1. The number of nitrogens with one attached hydrogen (secondary N) is 1. The zero-order valence-electron chi connectivity index (χ0n) is 12.8. The van der Waals surface area contributed by atoms with Crippen LogP contribution in [0.2, 0.25) is 0 Å². The van der Waals surface area contributed by atoms with Crippen molar-refractivity contribution in [1.82, 2.24) is 10.4 Å². The summed E-state index contributed by atoms with van der Waals surface area (Å²) in [5, 5.41) is 1.30. The number of anilines is 1. The highest BCUT2D eigenvalue weighted by Gasteiger charge is 2.20. The first-order valence-electron chi connectivity index (χ1n) is 7.38. The molecule has 0 saturated heterocycles. The van der Waals surface area contributed by atoms with Crippen LogP contribution in [0, 0.1) is 0 Å². The second-order valence-corrected chi connectivity index (χ2v) is 4.93. The van der Waals surface area contributed by atoms with E-state index in [1.165, 1.54) is 5.01 Å². The zero-order chi connectivity index (χ0) is 16.2. The molecule has 0 aromatic carbocycles. The number of hydrogen-bond donors (Lipinski definition) is 1. The van der Waals surface area contributed by atoms with Gasteiger partial charge in [0.25, 0.3) is 5.91 Å². The number of hydrogen-bond acceptors (Lipinski definition) is 5. The van der Waals surface area contributed by atoms with Gasteiger partial charge in [0.1, 0.15) is 12.2 Å². The fraction of sp³-hybridized carbons (Fsp3) is 0.533. The number of carbonyl (C=O) groups is 2. The van der Waals surface area contributed by atoms with E-state index in [9.17, 15) is 9.59 Å². The highest BCUT2D eigenvalue weighted by molar-refractivity contribution is 6.17. The van der Waals surface area contributed by atoms with E-state index in [-0.39, 0.29) is 13.0 Å². The molecule has 1 aromatic rings. The van der Waals surface area contributed by atoms with Crippen molar-refractivity contribution in [3.8, 4) is 0 Å². The summed E-state index contributed by atoms with van der Waals surface area (Å²) in [7, 11) is 0. The highest BCUT2D eigenvalue weighted by atomic mass is 35.5. The highest BCUT2D eigenvalue weighted by Crippen LogP contribution is 2.09. The van der Waals surface area contributed by atoms with E-state index >= 15 is 0 Å². The van der Waals surface area contributed by atoms with Crippen LogP contribution in [-0.4, -0.2) is 35.9 Å². The fourth-order valence-corrected chi connectivity index (χ4v) is 1.97. The van der Waals surface area contributed by atoms with Crippen molar-refractivity contribution < 1.29 is 14.3 Å². The van der Waals surface area contributed by atoms with Crippen molar-refractivity contribution in [2.75, 3.05) is 24.0 Å². The minimum atomic E-state index is -0.544. The molecule has 1 heterocycles. The maximum Gasteiger partial charge on any atom is 0.315 e. The Morgan fingerprint density at radius 3 is 2.77 bits per heavy atom. The first-order valence-corrected chi connectivity index (χ1v) is 7.91. The smallest absolute Gasteiger partial charge is 0.315 e. The summed E-state index contributed by atoms with van der Waals surface area (Å²) in [6, 6.07) is 5.24. The van der Waals surface area contributed by atoms with E-state index in [1.807, 2.05) is 0 Å². The third kappa shape index (κ3) is 6.87. The Labute approximate surface area is 135 Å². The number of halogens is 1. The van der Waals surface area contributed by atoms with E-state index in [1.54, 1.807) is 31.3 Å². The van der Waals surface area contributed by atoms with Gasteiger partial charge in [0.15, 0.2) is 0 Å². The lowest BCUT2D eigenvalue weighted by atomic mass is 10.2. The fourth-order valence-electron chi connectivity index (χ4n) is 1.78. The third-order valence-corrected chi connectivity index (χ3v) is 3.08. The average Bonchev–Trinajstić information content (AvgIpc) is 2.51. The van der Waals surface area contributed by atoms with E-state index in [2.05, 4.69) is 10.4 Å². The molecule has 1 amide bonds. The van der Waals surface area contributed by atoms with Crippen molar-refractivity contribution in [3.05, 3.63) is 24.4 Å². The maximum atomic E-state index is 12.3. The summed E-state index contributed by atoms with van der Waals surface area (Å²) in [6.45, 7) is 2.55. The molecule has 1 rings (SSSR count). The molecule has 0 aliphatic rings. The Hall–Kier alpha value is -1.66. The number of pyridine rings is 1. The van der Waals surface area contributed by atoms with Crippen LogP contribution in [0.3, 0.4) is 0 Å². The van der Waals surface area contributed by atoms with Crippen molar-refractivity contribution in [2.45, 2.75) is 32.6 Å². The normalized spacial score (nSPS) is 10.3. The van der Waals surface area contributed by atoms with Crippen LogP contribution >= 0.6 is 11.6 Å². The summed E-state index contributed by atoms with van der Waals surface area (Å²) in [5.74, 6) is 0.146. The lowest BCUT2D eigenvalue weighted by Gasteiger charge is -2.22. The van der Waals surface area contributed by atoms with Gasteiger partial charge >= 0.3 is 5.97 Å². The van der Waals surface area contributed by atoms with Gasteiger partial charge in [0.05, 0.1) is 6.61 Å². The van der Waals surface area contributed by atoms with Crippen LogP contribution in [0.4, 0.5) is 5.82 Å². The first-order chi connectivity index (χ1) is 10.7. The van der Waals surface area contributed by atoms with Crippen LogP contribution in [0.25, 0.3) is 0 Å². The lowest BCUT2D eigenvalue weighted by Crippen LogP contribution is -2.45. The van der Waals surface area contributed by atoms with Crippen LogP contribution in [-0.2, 0) is 14.3 Å². The number of amides is 1. The minimum absolute atomic E-state index is 0.252. The van der Waals surface area contributed by atoms with Gasteiger partial charge < -0.3 is 4.74 Å². The standard InChI is InChI=1S/C15H22ClN3O3/c1-2-22-15(21)12-14(20)19(13-8-4-7-10-17-13)18-11-6-3-5-9-16/h4,7-8,10,18H,2-3,5-6,9,11-12H2,1H3. The molecular formula is C15H22ClN3O3. The molecule has 22 heavy (non-hydrogen) atoms. The van der Waals surface area contributed by atoms with Gasteiger partial charge in [0, 0.05) is 18.6 Å². The first kappa shape index (κ1) is 18.4. The Bertz CT molecular complexity index is 457. The number of ether oxygens (including phenoxy) is 1. The van der Waals surface area contributed by atoms with Crippen LogP contribution in [0.1, 0.15) is 32.6 Å². The predicted octanol–water partition coefficient (Wildman–Crippen LogP) is 2.28. The van der Waals surface area contributed by atoms with Gasteiger partial charge in [-0.25, -0.2) is 15.4 Å². The zero-order valence-corrected chi connectivity index (χ0v) is 13.5. The van der Waals surface area contributed by atoms with Crippen LogP contribution in [0.15, 0.2) is 24.4 Å². The van der Waals surface area contributed by atoms with Crippen molar-refractivity contribution in [1.29, 1.82) is 0 Å². The van der Waals surface area contributed by atoms with E-state index in [0.29, 0.717) is 18.2 Å². The molecule has 6 nitrogen and oxygen atoms in total.